The number of aliphatic hydroxyl groups is 1. The van der Waals surface area contributed by atoms with Crippen molar-refractivity contribution in [1.29, 1.82) is 0 Å². The summed E-state index contributed by atoms with van der Waals surface area (Å²) in [6, 6.07) is 0. The number of halogens is 3. The molecule has 7 heteroatoms. The average molecular weight is 241 g/mol. The van der Waals surface area contributed by atoms with Gasteiger partial charge in [-0.3, -0.25) is 0 Å². The maximum atomic E-state index is 11.9. The van der Waals surface area contributed by atoms with Crippen LogP contribution in [0, 0.1) is 5.92 Å². The molecule has 2 unspecified atom stereocenters. The standard InChI is InChI=1S/C9H14F3NO3/c1-2-6-5-13(4-3-7(6)14)16-8(15)9(10,11)12/h6-7,14H,2-5H2,1H3. The second-order valence-corrected chi connectivity index (χ2v) is 3.79. The summed E-state index contributed by atoms with van der Waals surface area (Å²) in [6.45, 7) is 2.09. The second-order valence-electron chi connectivity index (χ2n) is 3.79. The van der Waals surface area contributed by atoms with Crippen molar-refractivity contribution in [3.05, 3.63) is 0 Å². The molecule has 0 aromatic rings. The van der Waals surface area contributed by atoms with Crippen LogP contribution in [0.5, 0.6) is 0 Å². The lowest BCUT2D eigenvalue weighted by atomic mass is 9.94. The van der Waals surface area contributed by atoms with Gasteiger partial charge in [0.2, 0.25) is 0 Å². The highest BCUT2D eigenvalue weighted by Gasteiger charge is 2.43. The molecule has 0 saturated carbocycles. The number of rotatable bonds is 2. The van der Waals surface area contributed by atoms with Gasteiger partial charge in [-0.25, -0.2) is 4.79 Å². The van der Waals surface area contributed by atoms with E-state index >= 15 is 0 Å². The average Bonchev–Trinajstić information content (AvgIpc) is 2.19. The Bertz CT molecular complexity index is 257. The van der Waals surface area contributed by atoms with Crippen LogP contribution in [0.25, 0.3) is 0 Å². The normalized spacial score (nSPS) is 27.8. The van der Waals surface area contributed by atoms with Gasteiger partial charge in [-0.2, -0.15) is 13.2 Å². The molecule has 0 aromatic carbocycles. The highest BCUT2D eigenvalue weighted by atomic mass is 19.4. The van der Waals surface area contributed by atoms with Crippen molar-refractivity contribution in [2.45, 2.75) is 32.0 Å². The van der Waals surface area contributed by atoms with Crippen molar-refractivity contribution >= 4 is 5.97 Å². The molecule has 1 fully saturated rings. The Hall–Kier alpha value is -0.820. The summed E-state index contributed by atoms with van der Waals surface area (Å²) < 4.78 is 35.7. The molecular weight excluding hydrogens is 227 g/mol. The smallest absolute Gasteiger partial charge is 0.393 e. The summed E-state index contributed by atoms with van der Waals surface area (Å²) in [7, 11) is 0. The Balaban J connectivity index is 2.48. The van der Waals surface area contributed by atoms with E-state index in [9.17, 15) is 23.1 Å². The van der Waals surface area contributed by atoms with Crippen LogP contribution in [-0.4, -0.2) is 41.5 Å². The van der Waals surface area contributed by atoms with Gasteiger partial charge in [0, 0.05) is 19.0 Å². The monoisotopic (exact) mass is 241 g/mol. The highest BCUT2D eigenvalue weighted by molar-refractivity contribution is 5.75. The van der Waals surface area contributed by atoms with E-state index in [-0.39, 0.29) is 19.0 Å². The molecule has 0 aliphatic carbocycles. The van der Waals surface area contributed by atoms with Gasteiger partial charge in [-0.15, -0.1) is 5.06 Å². The summed E-state index contributed by atoms with van der Waals surface area (Å²) in [4.78, 5) is 14.8. The van der Waals surface area contributed by atoms with E-state index in [0.717, 1.165) is 5.06 Å². The van der Waals surface area contributed by atoms with Crippen molar-refractivity contribution < 1.29 is 27.9 Å². The summed E-state index contributed by atoms with van der Waals surface area (Å²) in [5.74, 6) is -2.37. The van der Waals surface area contributed by atoms with E-state index in [4.69, 9.17) is 0 Å². The molecule has 1 saturated heterocycles. The zero-order valence-electron chi connectivity index (χ0n) is 8.83. The first-order valence-electron chi connectivity index (χ1n) is 5.06. The Labute approximate surface area is 90.9 Å². The topological polar surface area (TPSA) is 49.8 Å². The first-order chi connectivity index (χ1) is 7.34. The van der Waals surface area contributed by atoms with Gasteiger partial charge in [-0.05, 0) is 12.8 Å². The molecule has 4 nitrogen and oxygen atoms in total. The van der Waals surface area contributed by atoms with Crippen LogP contribution in [0.4, 0.5) is 13.2 Å². The minimum atomic E-state index is -4.97. The number of piperidine rings is 1. The molecule has 1 aliphatic rings. The molecule has 0 amide bonds. The van der Waals surface area contributed by atoms with Gasteiger partial charge in [0.05, 0.1) is 6.10 Å². The molecule has 16 heavy (non-hydrogen) atoms. The van der Waals surface area contributed by atoms with Crippen molar-refractivity contribution in [2.24, 2.45) is 5.92 Å². The third-order valence-corrected chi connectivity index (χ3v) is 2.62. The van der Waals surface area contributed by atoms with Crippen LogP contribution in [0.15, 0.2) is 0 Å². The van der Waals surface area contributed by atoms with E-state index < -0.39 is 18.2 Å². The number of hydrogen-bond donors (Lipinski definition) is 1. The fourth-order valence-electron chi connectivity index (χ4n) is 1.64. The SMILES string of the molecule is CCC1CN(OC(=O)C(F)(F)F)CCC1O. The van der Waals surface area contributed by atoms with E-state index in [1.165, 1.54) is 0 Å². The molecule has 1 rings (SSSR count). The van der Waals surface area contributed by atoms with Gasteiger partial charge < -0.3 is 9.94 Å². The van der Waals surface area contributed by atoms with Gasteiger partial charge >= 0.3 is 12.1 Å². The molecule has 1 N–H and O–H groups in total. The second kappa shape index (κ2) is 5.01. The Morgan fingerprint density at radius 2 is 2.19 bits per heavy atom. The quantitative estimate of drug-likeness (QED) is 0.786. The number of hydrogen-bond acceptors (Lipinski definition) is 4. The van der Waals surface area contributed by atoms with Crippen LogP contribution in [-0.2, 0) is 9.63 Å². The summed E-state index contributed by atoms with van der Waals surface area (Å²) in [6.07, 6.45) is -4.58. The van der Waals surface area contributed by atoms with E-state index in [2.05, 4.69) is 4.84 Å². The number of alkyl halides is 3. The third-order valence-electron chi connectivity index (χ3n) is 2.62. The lowest BCUT2D eigenvalue weighted by Crippen LogP contribution is -2.45. The predicted molar refractivity (Wildman–Crippen MR) is 48.1 cm³/mol. The minimum absolute atomic E-state index is 0.124. The first kappa shape index (κ1) is 13.2. The zero-order chi connectivity index (χ0) is 12.3. The molecule has 2 atom stereocenters. The number of carbonyl (C=O) groups excluding carboxylic acids is 1. The van der Waals surface area contributed by atoms with Crippen molar-refractivity contribution in [3.8, 4) is 0 Å². The van der Waals surface area contributed by atoms with Gasteiger partial charge in [0.15, 0.2) is 0 Å². The lowest BCUT2D eigenvalue weighted by Gasteiger charge is -2.34. The van der Waals surface area contributed by atoms with Crippen LogP contribution >= 0.6 is 0 Å². The fraction of sp³-hybridized carbons (Fsp3) is 0.889. The van der Waals surface area contributed by atoms with Crippen molar-refractivity contribution in [1.82, 2.24) is 5.06 Å². The number of aliphatic hydroxyl groups excluding tert-OH is 1. The van der Waals surface area contributed by atoms with Crippen LogP contribution in [0.2, 0.25) is 0 Å². The number of carbonyl (C=O) groups is 1. The third kappa shape index (κ3) is 3.34. The molecule has 0 spiro atoms. The van der Waals surface area contributed by atoms with Gasteiger partial charge in [0.25, 0.3) is 0 Å². The van der Waals surface area contributed by atoms with Gasteiger partial charge in [-0.1, -0.05) is 6.92 Å². The number of nitrogens with zero attached hydrogens (tertiary/aromatic N) is 1. The summed E-state index contributed by atoms with van der Waals surface area (Å²) in [5, 5.41) is 10.5. The van der Waals surface area contributed by atoms with Crippen molar-refractivity contribution in [2.75, 3.05) is 13.1 Å². The molecule has 1 aliphatic heterocycles. The summed E-state index contributed by atoms with van der Waals surface area (Å²) in [5.41, 5.74) is 0. The van der Waals surface area contributed by atoms with Crippen LogP contribution < -0.4 is 0 Å². The molecule has 1 heterocycles. The Morgan fingerprint density at radius 1 is 1.56 bits per heavy atom. The molecular formula is C9H14F3NO3. The molecule has 94 valence electrons. The number of hydroxylamine groups is 2. The van der Waals surface area contributed by atoms with Crippen molar-refractivity contribution in [3.63, 3.8) is 0 Å². The van der Waals surface area contributed by atoms with E-state index in [1.54, 1.807) is 0 Å². The highest BCUT2D eigenvalue weighted by Crippen LogP contribution is 2.23. The van der Waals surface area contributed by atoms with E-state index in [1.807, 2.05) is 6.92 Å². The first-order valence-corrected chi connectivity index (χ1v) is 5.06. The predicted octanol–water partition coefficient (Wildman–Crippen LogP) is 1.10. The molecule has 0 aromatic heterocycles. The fourth-order valence-corrected chi connectivity index (χ4v) is 1.64. The van der Waals surface area contributed by atoms with Crippen LogP contribution in [0.3, 0.4) is 0 Å². The molecule has 0 radical (unpaired) electrons. The maximum Gasteiger partial charge on any atom is 0.492 e. The maximum absolute atomic E-state index is 11.9. The van der Waals surface area contributed by atoms with Gasteiger partial charge in [0.1, 0.15) is 0 Å². The Kier molecular flexibility index (Phi) is 4.15. The van der Waals surface area contributed by atoms with Crippen LogP contribution in [0.1, 0.15) is 19.8 Å². The minimum Gasteiger partial charge on any atom is -0.393 e. The van der Waals surface area contributed by atoms with E-state index in [0.29, 0.717) is 12.8 Å². The lowest BCUT2D eigenvalue weighted by molar-refractivity contribution is -0.247. The largest absolute Gasteiger partial charge is 0.492 e. The molecule has 0 bridgehead atoms. The summed E-state index contributed by atoms with van der Waals surface area (Å²) >= 11 is 0. The zero-order valence-corrected chi connectivity index (χ0v) is 8.83. The Morgan fingerprint density at radius 3 is 2.69 bits per heavy atom.